The Hall–Kier alpha value is -1.75. The zero-order valence-electron chi connectivity index (χ0n) is 11.8. The Bertz CT molecular complexity index is 431. The maximum Gasteiger partial charge on any atom is 0.323 e. The molecule has 106 valence electrons. The minimum Gasteiger partial charge on any atom is -0.507 e. The molecule has 0 spiro atoms. The predicted molar refractivity (Wildman–Crippen MR) is 72.1 cm³/mol. The lowest BCUT2D eigenvalue weighted by atomic mass is 10.0. The third-order valence-corrected chi connectivity index (χ3v) is 2.93. The Morgan fingerprint density at radius 3 is 2.53 bits per heavy atom. The first kappa shape index (κ1) is 15.3. The van der Waals surface area contributed by atoms with E-state index in [1.54, 1.807) is 25.3 Å². The Balaban J connectivity index is 2.71. The van der Waals surface area contributed by atoms with Crippen molar-refractivity contribution in [1.82, 2.24) is 5.32 Å². The summed E-state index contributed by atoms with van der Waals surface area (Å²) in [5.74, 6) is 0.532. The molecular formula is C14H21NO4. The van der Waals surface area contributed by atoms with Crippen molar-refractivity contribution in [2.45, 2.75) is 26.4 Å². The quantitative estimate of drug-likeness (QED) is 0.768. The van der Waals surface area contributed by atoms with Gasteiger partial charge in [-0.3, -0.25) is 10.1 Å². The molecule has 5 nitrogen and oxygen atoms in total. The standard InChI is InChI=1S/C14H21NO4/c1-9(2)13(14(17)19-4)15-8-10-5-6-11(18-3)7-12(10)16/h5-7,9,13,15-16H,8H2,1-4H3/t13-/m0/s1. The van der Waals surface area contributed by atoms with E-state index in [9.17, 15) is 9.90 Å². The van der Waals surface area contributed by atoms with Gasteiger partial charge in [-0.05, 0) is 12.0 Å². The molecule has 0 fully saturated rings. The van der Waals surface area contributed by atoms with Gasteiger partial charge in [-0.2, -0.15) is 0 Å². The van der Waals surface area contributed by atoms with Crippen LogP contribution in [0.1, 0.15) is 19.4 Å². The highest BCUT2D eigenvalue weighted by Gasteiger charge is 2.22. The highest BCUT2D eigenvalue weighted by molar-refractivity contribution is 5.75. The molecular weight excluding hydrogens is 246 g/mol. The topological polar surface area (TPSA) is 67.8 Å². The second-order valence-electron chi connectivity index (χ2n) is 4.62. The summed E-state index contributed by atoms with van der Waals surface area (Å²) in [4.78, 5) is 11.6. The molecule has 1 rings (SSSR count). The fourth-order valence-corrected chi connectivity index (χ4v) is 1.76. The zero-order valence-corrected chi connectivity index (χ0v) is 11.8. The Labute approximate surface area is 113 Å². The number of aromatic hydroxyl groups is 1. The van der Waals surface area contributed by atoms with Crippen LogP contribution in [0, 0.1) is 5.92 Å². The van der Waals surface area contributed by atoms with Gasteiger partial charge in [0.1, 0.15) is 17.5 Å². The van der Waals surface area contributed by atoms with E-state index in [0.717, 1.165) is 0 Å². The van der Waals surface area contributed by atoms with Crippen LogP contribution in [0.15, 0.2) is 18.2 Å². The lowest BCUT2D eigenvalue weighted by molar-refractivity contribution is -0.144. The molecule has 0 aliphatic heterocycles. The van der Waals surface area contributed by atoms with Crippen LogP contribution in [0.4, 0.5) is 0 Å². The lowest BCUT2D eigenvalue weighted by Gasteiger charge is -2.20. The number of nitrogens with one attached hydrogen (secondary N) is 1. The number of hydrogen-bond acceptors (Lipinski definition) is 5. The molecule has 0 radical (unpaired) electrons. The van der Waals surface area contributed by atoms with Crippen LogP contribution in [-0.4, -0.2) is 31.3 Å². The largest absolute Gasteiger partial charge is 0.507 e. The molecule has 2 N–H and O–H groups in total. The molecule has 0 saturated carbocycles. The summed E-state index contributed by atoms with van der Waals surface area (Å²) in [6.45, 7) is 4.25. The molecule has 1 aromatic rings. The van der Waals surface area contributed by atoms with E-state index in [1.165, 1.54) is 7.11 Å². The van der Waals surface area contributed by atoms with Gasteiger partial charge >= 0.3 is 5.97 Å². The Morgan fingerprint density at radius 2 is 2.05 bits per heavy atom. The first-order chi connectivity index (χ1) is 8.99. The van der Waals surface area contributed by atoms with Crippen molar-refractivity contribution in [3.05, 3.63) is 23.8 Å². The van der Waals surface area contributed by atoms with Crippen molar-refractivity contribution < 1.29 is 19.4 Å². The first-order valence-corrected chi connectivity index (χ1v) is 6.16. The summed E-state index contributed by atoms with van der Waals surface area (Å²) in [6, 6.07) is 4.67. The number of carbonyl (C=O) groups excluding carboxylic acids is 1. The summed E-state index contributed by atoms with van der Waals surface area (Å²) in [5.41, 5.74) is 0.704. The van der Waals surface area contributed by atoms with E-state index in [2.05, 4.69) is 5.32 Å². The number of rotatable bonds is 6. The van der Waals surface area contributed by atoms with Gasteiger partial charge in [0.15, 0.2) is 0 Å². The summed E-state index contributed by atoms with van der Waals surface area (Å²) < 4.78 is 9.76. The SMILES string of the molecule is COC(=O)[C@@H](NCc1ccc(OC)cc1O)C(C)C. The number of phenolic OH excluding ortho intramolecular Hbond substituents is 1. The average molecular weight is 267 g/mol. The first-order valence-electron chi connectivity index (χ1n) is 6.16. The maximum atomic E-state index is 11.6. The van der Waals surface area contributed by atoms with Crippen molar-refractivity contribution >= 4 is 5.97 Å². The molecule has 0 unspecified atom stereocenters. The molecule has 1 atom stereocenters. The molecule has 1 aromatic carbocycles. The van der Waals surface area contributed by atoms with Crippen molar-refractivity contribution in [2.75, 3.05) is 14.2 Å². The highest BCUT2D eigenvalue weighted by atomic mass is 16.5. The van der Waals surface area contributed by atoms with Crippen LogP contribution in [0.3, 0.4) is 0 Å². The molecule has 0 aromatic heterocycles. The fourth-order valence-electron chi connectivity index (χ4n) is 1.76. The van der Waals surface area contributed by atoms with Gasteiger partial charge in [0, 0.05) is 18.2 Å². The van der Waals surface area contributed by atoms with E-state index < -0.39 is 6.04 Å². The van der Waals surface area contributed by atoms with Gasteiger partial charge in [-0.25, -0.2) is 0 Å². The van der Waals surface area contributed by atoms with Crippen LogP contribution in [0.5, 0.6) is 11.5 Å². The molecule has 0 aliphatic carbocycles. The van der Waals surface area contributed by atoms with Crippen LogP contribution in [-0.2, 0) is 16.1 Å². The van der Waals surface area contributed by atoms with Gasteiger partial charge < -0.3 is 14.6 Å². The van der Waals surface area contributed by atoms with E-state index in [4.69, 9.17) is 9.47 Å². The van der Waals surface area contributed by atoms with Crippen molar-refractivity contribution in [3.63, 3.8) is 0 Å². The van der Waals surface area contributed by atoms with E-state index in [-0.39, 0.29) is 17.6 Å². The number of ether oxygens (including phenoxy) is 2. The number of carbonyl (C=O) groups is 1. The Morgan fingerprint density at radius 1 is 1.37 bits per heavy atom. The molecule has 0 heterocycles. The van der Waals surface area contributed by atoms with Gasteiger partial charge in [0.05, 0.1) is 14.2 Å². The molecule has 19 heavy (non-hydrogen) atoms. The lowest BCUT2D eigenvalue weighted by Crippen LogP contribution is -2.41. The monoisotopic (exact) mass is 267 g/mol. The normalized spacial score (nSPS) is 12.3. The van der Waals surface area contributed by atoms with Crippen LogP contribution in [0.25, 0.3) is 0 Å². The van der Waals surface area contributed by atoms with Crippen LogP contribution >= 0.6 is 0 Å². The van der Waals surface area contributed by atoms with Gasteiger partial charge in [-0.1, -0.05) is 19.9 Å². The van der Waals surface area contributed by atoms with Crippen molar-refractivity contribution in [1.29, 1.82) is 0 Å². The number of methoxy groups -OCH3 is 2. The number of hydrogen-bond donors (Lipinski definition) is 2. The third kappa shape index (κ3) is 4.13. The van der Waals surface area contributed by atoms with Crippen LogP contribution < -0.4 is 10.1 Å². The van der Waals surface area contributed by atoms with Crippen LogP contribution in [0.2, 0.25) is 0 Å². The minimum absolute atomic E-state index is 0.104. The average Bonchev–Trinajstić information content (AvgIpc) is 2.39. The second kappa shape index (κ2) is 6.99. The van der Waals surface area contributed by atoms with E-state index >= 15 is 0 Å². The summed E-state index contributed by atoms with van der Waals surface area (Å²) >= 11 is 0. The third-order valence-electron chi connectivity index (χ3n) is 2.93. The minimum atomic E-state index is -0.397. The number of benzene rings is 1. The molecule has 0 saturated heterocycles. The van der Waals surface area contributed by atoms with Gasteiger partial charge in [0.2, 0.25) is 0 Å². The highest BCUT2D eigenvalue weighted by Crippen LogP contribution is 2.23. The molecule has 0 bridgehead atoms. The smallest absolute Gasteiger partial charge is 0.323 e. The summed E-state index contributed by atoms with van der Waals surface area (Å²) in [6.07, 6.45) is 0. The van der Waals surface area contributed by atoms with Crippen molar-refractivity contribution in [2.24, 2.45) is 5.92 Å². The van der Waals surface area contributed by atoms with Crippen molar-refractivity contribution in [3.8, 4) is 11.5 Å². The molecule has 5 heteroatoms. The molecule has 0 amide bonds. The number of esters is 1. The Kier molecular flexibility index (Phi) is 5.63. The van der Waals surface area contributed by atoms with Gasteiger partial charge in [0.25, 0.3) is 0 Å². The maximum absolute atomic E-state index is 11.6. The predicted octanol–water partition coefficient (Wildman–Crippen LogP) is 1.69. The number of phenols is 1. The van der Waals surface area contributed by atoms with Gasteiger partial charge in [-0.15, -0.1) is 0 Å². The summed E-state index contributed by atoms with van der Waals surface area (Å²) in [5, 5.41) is 12.9. The summed E-state index contributed by atoms with van der Waals surface area (Å²) in [7, 11) is 2.91. The van der Waals surface area contributed by atoms with E-state index in [1.807, 2.05) is 13.8 Å². The second-order valence-corrected chi connectivity index (χ2v) is 4.62. The van der Waals surface area contributed by atoms with E-state index in [0.29, 0.717) is 17.9 Å². The molecule has 0 aliphatic rings. The zero-order chi connectivity index (χ0) is 14.4. The fraction of sp³-hybridized carbons (Fsp3) is 0.500.